The van der Waals surface area contributed by atoms with E-state index in [0.717, 1.165) is 10.4 Å². The molecule has 2 aromatic rings. The van der Waals surface area contributed by atoms with Gasteiger partial charge >= 0.3 is 5.97 Å². The van der Waals surface area contributed by atoms with Crippen molar-refractivity contribution >= 4 is 17.3 Å². The minimum absolute atomic E-state index is 0.439. The first-order chi connectivity index (χ1) is 9.93. The highest BCUT2D eigenvalue weighted by atomic mass is 32.1. The van der Waals surface area contributed by atoms with Crippen LogP contribution in [0.5, 0.6) is 0 Å². The predicted octanol–water partition coefficient (Wildman–Crippen LogP) is 3.96. The van der Waals surface area contributed by atoms with E-state index in [-0.39, 0.29) is 0 Å². The van der Waals surface area contributed by atoms with Crippen molar-refractivity contribution in [1.29, 1.82) is 0 Å². The largest absolute Gasteiger partial charge is 0.480 e. The van der Waals surface area contributed by atoms with Gasteiger partial charge < -0.3 is 5.11 Å². The molecule has 1 aromatic carbocycles. The molecule has 1 heterocycles. The van der Waals surface area contributed by atoms with Gasteiger partial charge in [0.1, 0.15) is 5.54 Å². The van der Waals surface area contributed by atoms with E-state index >= 15 is 0 Å². The Balaban J connectivity index is 2.22. The summed E-state index contributed by atoms with van der Waals surface area (Å²) in [5, 5.41) is 14.8. The SMILES string of the molecule is CC(C)c1ccc(C(C)(NCc2cccs2)C(=O)O)cc1. The van der Waals surface area contributed by atoms with Crippen LogP contribution < -0.4 is 5.32 Å². The van der Waals surface area contributed by atoms with Crippen LogP contribution in [0.15, 0.2) is 41.8 Å². The lowest BCUT2D eigenvalue weighted by Crippen LogP contribution is -2.46. The van der Waals surface area contributed by atoms with Gasteiger partial charge in [0.15, 0.2) is 0 Å². The second-order valence-corrected chi connectivity index (χ2v) is 6.67. The van der Waals surface area contributed by atoms with E-state index < -0.39 is 11.5 Å². The molecular weight excluding hydrogens is 282 g/mol. The molecule has 0 radical (unpaired) electrons. The second-order valence-electron chi connectivity index (χ2n) is 5.64. The molecule has 0 aliphatic carbocycles. The van der Waals surface area contributed by atoms with E-state index in [1.807, 2.05) is 41.8 Å². The maximum Gasteiger partial charge on any atom is 0.328 e. The molecule has 1 unspecified atom stereocenters. The summed E-state index contributed by atoms with van der Waals surface area (Å²) >= 11 is 1.62. The summed E-state index contributed by atoms with van der Waals surface area (Å²) in [7, 11) is 0. The molecule has 0 saturated heterocycles. The zero-order valence-electron chi connectivity index (χ0n) is 12.6. The number of rotatable bonds is 6. The number of aliphatic carboxylic acids is 1. The Morgan fingerprint density at radius 1 is 1.29 bits per heavy atom. The zero-order valence-corrected chi connectivity index (χ0v) is 13.4. The van der Waals surface area contributed by atoms with Gasteiger partial charge in [0.05, 0.1) is 0 Å². The summed E-state index contributed by atoms with van der Waals surface area (Å²) in [6.45, 7) is 6.51. The lowest BCUT2D eigenvalue weighted by Gasteiger charge is -2.27. The van der Waals surface area contributed by atoms with Crippen molar-refractivity contribution in [3.8, 4) is 0 Å². The molecule has 2 N–H and O–H groups in total. The number of nitrogens with one attached hydrogen (secondary N) is 1. The van der Waals surface area contributed by atoms with Gasteiger partial charge in [-0.05, 0) is 35.4 Å². The van der Waals surface area contributed by atoms with Crippen LogP contribution >= 0.6 is 11.3 Å². The van der Waals surface area contributed by atoms with Gasteiger partial charge in [0, 0.05) is 11.4 Å². The topological polar surface area (TPSA) is 49.3 Å². The lowest BCUT2D eigenvalue weighted by molar-refractivity contribution is -0.144. The van der Waals surface area contributed by atoms with Gasteiger partial charge in [-0.15, -0.1) is 11.3 Å². The summed E-state index contributed by atoms with van der Waals surface area (Å²) in [5.41, 5.74) is 0.903. The van der Waals surface area contributed by atoms with Gasteiger partial charge in [-0.1, -0.05) is 44.2 Å². The first kappa shape index (κ1) is 15.7. The summed E-state index contributed by atoms with van der Waals surface area (Å²) in [6, 6.07) is 11.8. The Labute approximate surface area is 129 Å². The molecule has 0 spiro atoms. The lowest BCUT2D eigenvalue weighted by atomic mass is 9.90. The standard InChI is InChI=1S/C17H21NO2S/c1-12(2)13-6-8-14(9-7-13)17(3,16(19)20)18-11-15-5-4-10-21-15/h4-10,12,18H,11H2,1-3H3,(H,19,20). The second kappa shape index (κ2) is 6.41. The fourth-order valence-corrected chi connectivity index (χ4v) is 2.82. The minimum atomic E-state index is -1.08. The van der Waals surface area contributed by atoms with Gasteiger partial charge in [0.2, 0.25) is 0 Å². The van der Waals surface area contributed by atoms with E-state index in [9.17, 15) is 9.90 Å². The molecule has 3 nitrogen and oxygen atoms in total. The van der Waals surface area contributed by atoms with E-state index in [1.54, 1.807) is 18.3 Å². The molecule has 0 amide bonds. The fraction of sp³-hybridized carbons (Fsp3) is 0.353. The molecule has 21 heavy (non-hydrogen) atoms. The van der Waals surface area contributed by atoms with Crippen LogP contribution in [0.1, 0.15) is 42.7 Å². The van der Waals surface area contributed by atoms with Crippen molar-refractivity contribution in [1.82, 2.24) is 5.32 Å². The molecule has 2 rings (SSSR count). The molecule has 0 aliphatic heterocycles. The molecule has 0 bridgehead atoms. The Morgan fingerprint density at radius 2 is 1.95 bits per heavy atom. The summed E-state index contributed by atoms with van der Waals surface area (Å²) < 4.78 is 0. The van der Waals surface area contributed by atoms with E-state index in [1.165, 1.54) is 5.56 Å². The first-order valence-electron chi connectivity index (χ1n) is 7.04. The average molecular weight is 303 g/mol. The number of hydrogen-bond donors (Lipinski definition) is 2. The summed E-state index contributed by atoms with van der Waals surface area (Å²) in [4.78, 5) is 12.9. The maximum absolute atomic E-state index is 11.7. The van der Waals surface area contributed by atoms with Crippen LogP contribution in [0.25, 0.3) is 0 Å². The third kappa shape index (κ3) is 3.52. The maximum atomic E-state index is 11.7. The van der Waals surface area contributed by atoms with Crippen molar-refractivity contribution < 1.29 is 9.90 Å². The number of carboxylic acids is 1. The third-order valence-electron chi connectivity index (χ3n) is 3.78. The van der Waals surface area contributed by atoms with E-state index in [2.05, 4.69) is 19.2 Å². The van der Waals surface area contributed by atoms with E-state index in [0.29, 0.717) is 12.5 Å². The number of carbonyl (C=O) groups is 1. The molecule has 0 saturated carbocycles. The quantitative estimate of drug-likeness (QED) is 0.849. The molecule has 0 aliphatic rings. The number of thiophene rings is 1. The van der Waals surface area contributed by atoms with E-state index in [4.69, 9.17) is 0 Å². The Kier molecular flexibility index (Phi) is 4.80. The average Bonchev–Trinajstić information content (AvgIpc) is 2.98. The van der Waals surface area contributed by atoms with Gasteiger partial charge in [-0.25, -0.2) is 4.79 Å². The minimum Gasteiger partial charge on any atom is -0.480 e. The third-order valence-corrected chi connectivity index (χ3v) is 4.66. The summed E-state index contributed by atoms with van der Waals surface area (Å²) in [6.07, 6.45) is 0. The van der Waals surface area contributed by atoms with Crippen LogP contribution in [0.2, 0.25) is 0 Å². The fourth-order valence-electron chi connectivity index (χ4n) is 2.18. The molecule has 1 atom stereocenters. The predicted molar refractivity (Wildman–Crippen MR) is 86.7 cm³/mol. The highest BCUT2D eigenvalue weighted by Crippen LogP contribution is 2.25. The first-order valence-corrected chi connectivity index (χ1v) is 7.92. The van der Waals surface area contributed by atoms with Gasteiger partial charge in [-0.2, -0.15) is 0 Å². The molecule has 0 fully saturated rings. The van der Waals surface area contributed by atoms with Crippen molar-refractivity contribution in [3.63, 3.8) is 0 Å². The van der Waals surface area contributed by atoms with Crippen LogP contribution in [0, 0.1) is 0 Å². The highest BCUT2D eigenvalue weighted by molar-refractivity contribution is 7.09. The Morgan fingerprint density at radius 3 is 2.43 bits per heavy atom. The van der Waals surface area contributed by atoms with Crippen LogP contribution in [-0.2, 0) is 16.9 Å². The van der Waals surface area contributed by atoms with Crippen molar-refractivity contribution in [2.75, 3.05) is 0 Å². The number of benzene rings is 1. The van der Waals surface area contributed by atoms with Crippen LogP contribution in [0.4, 0.5) is 0 Å². The molecule has 112 valence electrons. The monoisotopic (exact) mass is 303 g/mol. The van der Waals surface area contributed by atoms with Crippen molar-refractivity contribution in [2.24, 2.45) is 0 Å². The van der Waals surface area contributed by atoms with Crippen LogP contribution in [0.3, 0.4) is 0 Å². The number of carboxylic acid groups (broad SMARTS) is 1. The zero-order chi connectivity index (χ0) is 15.5. The molecule has 1 aromatic heterocycles. The molecular formula is C17H21NO2S. The smallest absolute Gasteiger partial charge is 0.328 e. The Hall–Kier alpha value is -1.65. The molecule has 4 heteroatoms. The van der Waals surface area contributed by atoms with Crippen molar-refractivity contribution in [2.45, 2.75) is 38.8 Å². The highest BCUT2D eigenvalue weighted by Gasteiger charge is 2.34. The van der Waals surface area contributed by atoms with Crippen LogP contribution in [-0.4, -0.2) is 11.1 Å². The Bertz CT molecular complexity index is 590. The summed E-state index contributed by atoms with van der Waals surface area (Å²) in [5.74, 6) is -0.425. The normalized spacial score (nSPS) is 14.1. The van der Waals surface area contributed by atoms with Gasteiger partial charge in [-0.3, -0.25) is 5.32 Å². The van der Waals surface area contributed by atoms with Gasteiger partial charge in [0.25, 0.3) is 0 Å². The van der Waals surface area contributed by atoms with Crippen molar-refractivity contribution in [3.05, 3.63) is 57.8 Å². The number of hydrogen-bond acceptors (Lipinski definition) is 3.